The fourth-order valence-corrected chi connectivity index (χ4v) is 5.26. The lowest BCUT2D eigenvalue weighted by atomic mass is 9.95. The number of hydrogen-bond donors (Lipinski definition) is 4. The fourth-order valence-electron chi connectivity index (χ4n) is 5.26. The number of nitrogens with one attached hydrogen (secondary N) is 3. The molecule has 0 aliphatic heterocycles. The van der Waals surface area contributed by atoms with Gasteiger partial charge >= 0.3 is 5.97 Å². The van der Waals surface area contributed by atoms with Gasteiger partial charge in [0.25, 0.3) is 0 Å². The number of nitrogens with zero attached hydrogens (tertiary/aromatic N) is 4. The number of carboxylic acid groups (broad SMARTS) is 1. The molecule has 1 atom stereocenters. The van der Waals surface area contributed by atoms with Crippen LogP contribution in [0.3, 0.4) is 0 Å². The van der Waals surface area contributed by atoms with Crippen LogP contribution in [0.15, 0.2) is 84.1 Å². The van der Waals surface area contributed by atoms with Crippen LogP contribution in [0.5, 0.6) is 5.75 Å². The standard InChI is InChI=1S/C37H43N7O7/c1-26-14-16-40-34(23-26)39-15-4-7-35(45)41-25-36(46)43-32(24-37(47)48)28-10-8-27(9-11-28)29-12-13-33(31-6-3-2-5-30(29)31)51-22-21-50-20-19-49-18-17-42-44-38/h2-3,5-6,8-14,16,23,32H,4,7,15,17-22,24-25H2,1H3,(H,39,40)(H,41,45)(H,43,46)(H,47,48). The van der Waals surface area contributed by atoms with Crippen molar-refractivity contribution in [1.29, 1.82) is 0 Å². The van der Waals surface area contributed by atoms with E-state index in [2.05, 4.69) is 31.0 Å². The van der Waals surface area contributed by atoms with Crippen molar-refractivity contribution >= 4 is 34.4 Å². The van der Waals surface area contributed by atoms with E-state index in [1.165, 1.54) is 0 Å². The zero-order valence-corrected chi connectivity index (χ0v) is 28.5. The van der Waals surface area contributed by atoms with Gasteiger partial charge in [-0.3, -0.25) is 14.4 Å². The molecular formula is C37H43N7O7. The third-order valence-electron chi connectivity index (χ3n) is 7.73. The molecule has 0 bridgehead atoms. The summed E-state index contributed by atoms with van der Waals surface area (Å²) in [4.78, 5) is 43.6. The summed E-state index contributed by atoms with van der Waals surface area (Å²) in [6.07, 6.45) is 2.17. The zero-order valence-electron chi connectivity index (χ0n) is 28.5. The monoisotopic (exact) mass is 697 g/mol. The first-order valence-electron chi connectivity index (χ1n) is 16.7. The lowest BCUT2D eigenvalue weighted by Crippen LogP contribution is -2.39. The van der Waals surface area contributed by atoms with E-state index in [9.17, 15) is 19.5 Å². The van der Waals surface area contributed by atoms with E-state index in [0.29, 0.717) is 57.3 Å². The second kappa shape index (κ2) is 20.7. The number of amides is 2. The molecule has 2 amide bonds. The Kier molecular flexibility index (Phi) is 15.5. The fraction of sp³-hybridized carbons (Fsp3) is 0.351. The summed E-state index contributed by atoms with van der Waals surface area (Å²) in [5, 5.41) is 23.4. The molecule has 268 valence electrons. The Hall–Kier alpha value is -5.69. The number of fused-ring (bicyclic) bond motifs is 1. The van der Waals surface area contributed by atoms with Crippen LogP contribution in [0.1, 0.15) is 36.4 Å². The number of ether oxygens (including phenoxy) is 3. The second-order valence-electron chi connectivity index (χ2n) is 11.5. The minimum Gasteiger partial charge on any atom is -0.491 e. The van der Waals surface area contributed by atoms with Crippen molar-refractivity contribution in [2.45, 2.75) is 32.2 Å². The van der Waals surface area contributed by atoms with Crippen molar-refractivity contribution in [1.82, 2.24) is 15.6 Å². The molecule has 51 heavy (non-hydrogen) atoms. The Morgan fingerprint density at radius 3 is 2.41 bits per heavy atom. The first-order chi connectivity index (χ1) is 24.8. The molecule has 4 N–H and O–H groups in total. The predicted octanol–water partition coefficient (Wildman–Crippen LogP) is 5.57. The van der Waals surface area contributed by atoms with E-state index >= 15 is 0 Å². The van der Waals surface area contributed by atoms with Crippen LogP contribution < -0.4 is 20.7 Å². The highest BCUT2D eigenvalue weighted by Gasteiger charge is 2.19. The van der Waals surface area contributed by atoms with Gasteiger partial charge in [-0.05, 0) is 64.7 Å². The Bertz CT molecular complexity index is 1800. The molecule has 1 heterocycles. The van der Waals surface area contributed by atoms with Gasteiger partial charge in [0.1, 0.15) is 18.2 Å². The highest BCUT2D eigenvalue weighted by Crippen LogP contribution is 2.35. The van der Waals surface area contributed by atoms with Gasteiger partial charge in [-0.1, -0.05) is 59.7 Å². The molecule has 3 aromatic carbocycles. The van der Waals surface area contributed by atoms with Crippen LogP contribution in [0.4, 0.5) is 5.82 Å². The highest BCUT2D eigenvalue weighted by molar-refractivity contribution is 6.00. The molecule has 14 heteroatoms. The molecule has 0 spiro atoms. The van der Waals surface area contributed by atoms with Crippen molar-refractivity contribution in [3.05, 3.63) is 101 Å². The third kappa shape index (κ3) is 12.9. The van der Waals surface area contributed by atoms with Crippen molar-refractivity contribution in [3.8, 4) is 16.9 Å². The molecule has 0 aliphatic carbocycles. The van der Waals surface area contributed by atoms with Crippen molar-refractivity contribution in [2.24, 2.45) is 5.11 Å². The summed E-state index contributed by atoms with van der Waals surface area (Å²) in [5.41, 5.74) is 11.9. The molecule has 0 aliphatic rings. The number of carboxylic acids is 1. The normalized spacial score (nSPS) is 11.3. The van der Waals surface area contributed by atoms with Crippen LogP contribution in [0.25, 0.3) is 32.3 Å². The number of carbonyl (C=O) groups is 3. The average Bonchev–Trinajstić information content (AvgIpc) is 3.13. The van der Waals surface area contributed by atoms with E-state index in [1.807, 2.05) is 67.6 Å². The molecule has 0 saturated carbocycles. The first-order valence-corrected chi connectivity index (χ1v) is 16.7. The molecule has 4 aromatic rings. The number of hydrogen-bond acceptors (Lipinski definition) is 9. The summed E-state index contributed by atoms with van der Waals surface area (Å²) < 4.78 is 16.9. The average molecular weight is 698 g/mol. The Balaban J connectivity index is 1.28. The number of aryl methyl sites for hydroxylation is 1. The maximum atomic E-state index is 12.7. The molecule has 0 fully saturated rings. The molecule has 4 rings (SSSR count). The van der Waals surface area contributed by atoms with Crippen LogP contribution in [0.2, 0.25) is 0 Å². The molecule has 0 radical (unpaired) electrons. The summed E-state index contributed by atoms with van der Waals surface area (Å²) >= 11 is 0. The van der Waals surface area contributed by atoms with Crippen LogP contribution >= 0.6 is 0 Å². The SMILES string of the molecule is Cc1ccnc(NCCCC(=O)NCC(=O)NC(CC(=O)O)c2ccc(-c3ccc(OCCOCCOCCN=[N+]=[N-])c4ccccc34)cc2)c1. The summed E-state index contributed by atoms with van der Waals surface area (Å²) in [6, 6.07) is 22.2. The van der Waals surface area contributed by atoms with E-state index in [-0.39, 0.29) is 31.8 Å². The Morgan fingerprint density at radius 2 is 1.67 bits per heavy atom. The van der Waals surface area contributed by atoms with Crippen LogP contribution in [0, 0.1) is 6.92 Å². The minimum atomic E-state index is -1.06. The van der Waals surface area contributed by atoms with E-state index in [4.69, 9.17) is 19.7 Å². The number of pyridine rings is 1. The largest absolute Gasteiger partial charge is 0.491 e. The van der Waals surface area contributed by atoms with Crippen molar-refractivity contribution in [2.75, 3.05) is 58.0 Å². The maximum Gasteiger partial charge on any atom is 0.305 e. The van der Waals surface area contributed by atoms with E-state index in [1.54, 1.807) is 18.3 Å². The molecular weight excluding hydrogens is 654 g/mol. The van der Waals surface area contributed by atoms with Gasteiger partial charge in [-0.2, -0.15) is 0 Å². The van der Waals surface area contributed by atoms with Gasteiger partial charge in [0.2, 0.25) is 11.8 Å². The Morgan fingerprint density at radius 1 is 0.922 bits per heavy atom. The second-order valence-corrected chi connectivity index (χ2v) is 11.5. The van der Waals surface area contributed by atoms with Crippen molar-refractivity contribution < 1.29 is 33.7 Å². The maximum absolute atomic E-state index is 12.7. The molecule has 1 aromatic heterocycles. The van der Waals surface area contributed by atoms with Crippen LogP contribution in [-0.2, 0) is 23.9 Å². The van der Waals surface area contributed by atoms with Crippen LogP contribution in [-0.4, -0.2) is 80.5 Å². The summed E-state index contributed by atoms with van der Waals surface area (Å²) in [5.74, 6) is -0.368. The van der Waals surface area contributed by atoms with E-state index < -0.39 is 17.9 Å². The summed E-state index contributed by atoms with van der Waals surface area (Å²) in [7, 11) is 0. The van der Waals surface area contributed by atoms with E-state index in [0.717, 1.165) is 33.3 Å². The number of aromatic nitrogens is 1. The Labute approximate surface area is 296 Å². The number of aliphatic carboxylic acids is 1. The number of carbonyl (C=O) groups excluding carboxylic acids is 2. The van der Waals surface area contributed by atoms with Gasteiger partial charge in [0, 0.05) is 36.0 Å². The minimum absolute atomic E-state index is 0.223. The molecule has 1 unspecified atom stereocenters. The van der Waals surface area contributed by atoms with Gasteiger partial charge in [0.05, 0.1) is 45.4 Å². The summed E-state index contributed by atoms with van der Waals surface area (Å²) in [6.45, 7) is 4.41. The lowest BCUT2D eigenvalue weighted by Gasteiger charge is -2.19. The van der Waals surface area contributed by atoms with Gasteiger partial charge in [0.15, 0.2) is 0 Å². The smallest absolute Gasteiger partial charge is 0.305 e. The first kappa shape index (κ1) is 38.1. The number of rotatable bonds is 22. The topological polar surface area (TPSA) is 197 Å². The van der Waals surface area contributed by atoms with Gasteiger partial charge < -0.3 is 35.3 Å². The molecule has 0 saturated heterocycles. The quantitative estimate of drug-likeness (QED) is 0.0351. The molecule has 14 nitrogen and oxygen atoms in total. The van der Waals surface area contributed by atoms with Gasteiger partial charge in [-0.25, -0.2) is 4.98 Å². The lowest BCUT2D eigenvalue weighted by molar-refractivity contribution is -0.138. The number of benzene rings is 3. The van der Waals surface area contributed by atoms with Crippen molar-refractivity contribution in [3.63, 3.8) is 0 Å². The number of azide groups is 1. The highest BCUT2D eigenvalue weighted by atomic mass is 16.5. The predicted molar refractivity (Wildman–Crippen MR) is 193 cm³/mol. The van der Waals surface area contributed by atoms with Gasteiger partial charge in [-0.15, -0.1) is 0 Å². The zero-order chi connectivity index (χ0) is 36.3. The number of anilines is 1. The third-order valence-corrected chi connectivity index (χ3v) is 7.73.